The number of aliphatic hydroxyl groups is 5. The van der Waals surface area contributed by atoms with Crippen molar-refractivity contribution in [2.24, 2.45) is 23.3 Å². The summed E-state index contributed by atoms with van der Waals surface area (Å²) >= 11 is 0. The molecule has 4 fully saturated rings. The van der Waals surface area contributed by atoms with Crippen LogP contribution in [0.1, 0.15) is 106 Å². The standard InChI is InChI=1S/C60H72N8O14S2/c61-53-42(23-64-35-5-1-2-6-35)32(14-18-63-53)16-20-80-60-29-84-83-28-34-13-17-59(77,56(60)76)45-27-78-25-33(10-12-44(34)72)46(38-7-3-4-8-43(38)68-30-65-48-54(68)66-58(62)67-55(48)75)41-22-40-47(50(74)39-21-31(24-70)9-11-37(39)49(40)73)52(51(41)82-57(60)81-45)79-26-36(71)15-19-69/h3-4,7-9,11,14,19,21-22,33-36,44-46,48,54,56-58,63-66,70-72,76-77H,1-2,5-6,10,12,15-16,18,20,23-30,61-62H2,(H,67,75)/t33-,34+,36+,44+,45-,46-,48-,54-,56+,57+,58-,59-,60-/m0/s1. The van der Waals surface area contributed by atoms with Gasteiger partial charge in [-0.2, -0.15) is 0 Å². The van der Waals surface area contributed by atoms with Crippen molar-refractivity contribution in [1.82, 2.24) is 26.6 Å². The lowest BCUT2D eigenvalue weighted by Gasteiger charge is -2.54. The molecule has 7 heterocycles. The van der Waals surface area contributed by atoms with E-state index in [0.29, 0.717) is 60.2 Å². The van der Waals surface area contributed by atoms with E-state index < -0.39 is 103 Å². The Kier molecular flexibility index (Phi) is 17.2. The maximum atomic E-state index is 15.5. The number of para-hydroxylation sites is 1. The highest BCUT2D eigenvalue weighted by Crippen LogP contribution is 2.54. The lowest BCUT2D eigenvalue weighted by molar-refractivity contribution is -0.342. The van der Waals surface area contributed by atoms with Crippen LogP contribution in [0, 0.1) is 23.7 Å². The molecule has 3 aromatic carbocycles. The summed E-state index contributed by atoms with van der Waals surface area (Å²) in [6, 6.07) is 13.2. The van der Waals surface area contributed by atoms with Gasteiger partial charge in [-0.3, -0.25) is 30.8 Å². The molecule has 7 aliphatic heterocycles. The van der Waals surface area contributed by atoms with E-state index in [-0.39, 0.29) is 96.7 Å². The van der Waals surface area contributed by atoms with E-state index in [9.17, 15) is 35.1 Å². The van der Waals surface area contributed by atoms with Crippen LogP contribution in [0.5, 0.6) is 11.5 Å². The zero-order valence-electron chi connectivity index (χ0n) is 46.3. The molecule has 1 amide bonds. The molecule has 0 spiro atoms. The van der Waals surface area contributed by atoms with Gasteiger partial charge in [0, 0.05) is 76.5 Å². The van der Waals surface area contributed by atoms with Crippen LogP contribution in [0.2, 0.25) is 0 Å². The Balaban J connectivity index is 1.08. The summed E-state index contributed by atoms with van der Waals surface area (Å²) in [5.74, 6) is 2.62. The van der Waals surface area contributed by atoms with Crippen molar-refractivity contribution in [3.63, 3.8) is 0 Å². The van der Waals surface area contributed by atoms with Gasteiger partial charge in [-0.15, -0.1) is 0 Å². The molecule has 12 rings (SSSR count). The van der Waals surface area contributed by atoms with Gasteiger partial charge < -0.3 is 80.6 Å². The molecule has 14 N–H and O–H groups in total. The third-order valence-corrected chi connectivity index (χ3v) is 20.5. The van der Waals surface area contributed by atoms with E-state index >= 15 is 9.59 Å². The summed E-state index contributed by atoms with van der Waals surface area (Å²) in [5, 5.41) is 77.0. The first-order valence-electron chi connectivity index (χ1n) is 29.0. The number of dihydropyridines is 1. The quantitative estimate of drug-likeness (QED) is 0.0446. The van der Waals surface area contributed by atoms with Gasteiger partial charge in [-0.25, -0.2) is 0 Å². The number of fused-ring (bicyclic) bond motifs is 11. The van der Waals surface area contributed by atoms with E-state index in [1.165, 1.54) is 33.7 Å². The fourth-order valence-corrected chi connectivity index (χ4v) is 16.2. The summed E-state index contributed by atoms with van der Waals surface area (Å²) in [4.78, 5) is 58.3. The summed E-state index contributed by atoms with van der Waals surface area (Å²) in [6.07, 6.45) is -1.77. The summed E-state index contributed by atoms with van der Waals surface area (Å²) in [5.41, 5.74) is 11.9. The fraction of sp³-hybridized carbons (Fsp3) is 0.533. The van der Waals surface area contributed by atoms with Crippen LogP contribution in [0.4, 0.5) is 5.69 Å². The molecular weight excluding hydrogens is 1120 g/mol. The van der Waals surface area contributed by atoms with Crippen LogP contribution in [0.15, 0.2) is 71.6 Å². The number of anilines is 1. The molecule has 2 aliphatic carbocycles. The van der Waals surface area contributed by atoms with E-state index in [1.807, 2.05) is 35.2 Å². The number of aldehydes is 1. The number of carbonyl (C=O) groups is 4. The van der Waals surface area contributed by atoms with Crippen molar-refractivity contribution in [2.75, 3.05) is 62.6 Å². The zero-order chi connectivity index (χ0) is 58.4. The number of hydrogen-bond acceptors (Lipinski definition) is 23. The molecule has 9 aliphatic rings. The van der Waals surface area contributed by atoms with Crippen molar-refractivity contribution >= 4 is 51.0 Å². The highest BCUT2D eigenvalue weighted by molar-refractivity contribution is 8.76. The Bertz CT molecular complexity index is 3190. The first-order chi connectivity index (χ1) is 40.7. The fourth-order valence-electron chi connectivity index (χ4n) is 13.4. The van der Waals surface area contributed by atoms with Crippen LogP contribution >= 0.6 is 21.6 Å². The minimum absolute atomic E-state index is 0.0281. The molecule has 0 radical (unpaired) electrons. The minimum atomic E-state index is -2.42. The average molecular weight is 1190 g/mol. The second-order valence-corrected chi connectivity index (χ2v) is 25.6. The molecule has 0 unspecified atom stereocenters. The summed E-state index contributed by atoms with van der Waals surface area (Å²) in [7, 11) is 2.71. The number of amides is 1. The Morgan fingerprint density at radius 1 is 1.00 bits per heavy atom. The lowest BCUT2D eigenvalue weighted by Crippen LogP contribution is -2.75. The monoisotopic (exact) mass is 1190 g/mol. The third-order valence-electron chi connectivity index (χ3n) is 18.0. The number of nitrogens with one attached hydrogen (secondary N) is 5. The SMILES string of the molecule is NC1=C(CNC2CCCC2)C(CCO[C@]23CSSC[C@H]4C#C[C@](O)([C@@H]5COC[C@H](CC[C@H]4O)[C@@H](c4ccccc4N4CN[C@@H]6C(=O)N[C@@H](N)N[C@H]64)c4cc6c(c(OC[C@H](O)CC=O)c4O[C@H]2O5)C(=O)c2cc(CO)ccc2C6=O)[C@H]3O)=CCN1. The van der Waals surface area contributed by atoms with E-state index in [1.54, 1.807) is 12.1 Å². The van der Waals surface area contributed by atoms with Gasteiger partial charge in [0.2, 0.25) is 12.2 Å². The second-order valence-electron chi connectivity index (χ2n) is 23.1. The molecule has 0 aromatic heterocycles. The van der Waals surface area contributed by atoms with Crippen LogP contribution in [-0.4, -0.2) is 173 Å². The van der Waals surface area contributed by atoms with Crippen LogP contribution in [0.3, 0.4) is 0 Å². The molecule has 22 nitrogen and oxygen atoms in total. The predicted molar refractivity (Wildman–Crippen MR) is 310 cm³/mol. The van der Waals surface area contributed by atoms with Crippen LogP contribution in [-0.2, 0) is 30.4 Å². The van der Waals surface area contributed by atoms with Gasteiger partial charge in [-0.05, 0) is 79.0 Å². The number of ketones is 2. The first-order valence-corrected chi connectivity index (χ1v) is 31.4. The molecule has 448 valence electrons. The number of nitrogens with two attached hydrogens (primary N) is 2. The Hall–Kier alpha value is -5.60. The summed E-state index contributed by atoms with van der Waals surface area (Å²) < 4.78 is 35.2. The number of carbonyl (C=O) groups excluding carboxylic acids is 4. The van der Waals surface area contributed by atoms with Crippen molar-refractivity contribution in [1.29, 1.82) is 0 Å². The molecule has 6 bridgehead atoms. The number of hydrogen-bond donors (Lipinski definition) is 12. The van der Waals surface area contributed by atoms with Crippen LogP contribution in [0.25, 0.3) is 0 Å². The Labute approximate surface area is 493 Å². The number of nitrogens with zero attached hydrogens (tertiary/aromatic N) is 1. The molecule has 3 saturated heterocycles. The smallest absolute Gasteiger partial charge is 0.242 e. The highest BCUT2D eigenvalue weighted by atomic mass is 33.1. The summed E-state index contributed by atoms with van der Waals surface area (Å²) in [6.45, 7) is -0.343. The minimum Gasteiger partial charge on any atom is -0.486 e. The van der Waals surface area contributed by atoms with Gasteiger partial charge in [-0.1, -0.05) is 76.6 Å². The molecule has 3 aromatic rings. The number of aliphatic hydroxyl groups excluding tert-OH is 4. The highest BCUT2D eigenvalue weighted by Gasteiger charge is 2.66. The van der Waals surface area contributed by atoms with Crippen LogP contribution < -0.4 is 52.4 Å². The molecular formula is C60H72N8O14S2. The number of rotatable bonds is 15. The average Bonchev–Trinajstić information content (AvgIpc) is 0.970. The topological polar surface area (TPSA) is 331 Å². The second kappa shape index (κ2) is 24.6. The third kappa shape index (κ3) is 10.9. The van der Waals surface area contributed by atoms with Gasteiger partial charge in [0.15, 0.2) is 34.3 Å². The lowest BCUT2D eigenvalue weighted by atomic mass is 9.74. The van der Waals surface area contributed by atoms with Crippen molar-refractivity contribution in [3.05, 3.63) is 111 Å². The normalized spacial score (nSPS) is 32.4. The maximum Gasteiger partial charge on any atom is 0.242 e. The van der Waals surface area contributed by atoms with E-state index in [4.69, 9.17) is 35.2 Å². The number of ether oxygens (including phenoxy) is 5. The van der Waals surface area contributed by atoms with Gasteiger partial charge in [0.05, 0.1) is 56.8 Å². The van der Waals surface area contributed by atoms with Gasteiger partial charge >= 0.3 is 0 Å². The number of benzene rings is 3. The molecule has 84 heavy (non-hydrogen) atoms. The molecule has 24 heteroatoms. The van der Waals surface area contributed by atoms with Crippen molar-refractivity contribution in [2.45, 2.75) is 130 Å². The molecule has 1 saturated carbocycles. The van der Waals surface area contributed by atoms with Crippen molar-refractivity contribution < 1.29 is 68.4 Å². The Morgan fingerprint density at radius 3 is 2.65 bits per heavy atom. The maximum absolute atomic E-state index is 15.5. The van der Waals surface area contributed by atoms with Crippen molar-refractivity contribution in [3.8, 4) is 23.3 Å². The Morgan fingerprint density at radius 2 is 1.83 bits per heavy atom. The van der Waals surface area contributed by atoms with E-state index in [2.05, 4.69) is 38.4 Å². The molecule has 13 atom stereocenters. The first kappa shape index (κ1) is 58.8. The predicted octanol–water partition coefficient (Wildman–Crippen LogP) is 0.827. The zero-order valence-corrected chi connectivity index (χ0v) is 47.9. The van der Waals surface area contributed by atoms with Gasteiger partial charge in [0.1, 0.15) is 49.4 Å². The van der Waals surface area contributed by atoms with E-state index in [0.717, 1.165) is 36.8 Å². The van der Waals surface area contributed by atoms with Gasteiger partial charge in [0.25, 0.3) is 0 Å². The largest absolute Gasteiger partial charge is 0.486 e.